The van der Waals surface area contributed by atoms with E-state index in [2.05, 4.69) is 10.3 Å². The van der Waals surface area contributed by atoms with Gasteiger partial charge in [0.25, 0.3) is 5.91 Å². The highest BCUT2D eigenvalue weighted by Crippen LogP contribution is 2.37. The highest BCUT2D eigenvalue weighted by molar-refractivity contribution is 5.99. The molecule has 2 heterocycles. The van der Waals surface area contributed by atoms with E-state index in [0.717, 1.165) is 5.56 Å². The molecule has 1 atom stereocenters. The number of carbonyl (C=O) groups excluding carboxylic acids is 2. The molecule has 0 radical (unpaired) electrons. The maximum Gasteiger partial charge on any atom is 0.274 e. The van der Waals surface area contributed by atoms with E-state index in [1.165, 1.54) is 12.1 Å². The van der Waals surface area contributed by atoms with Crippen molar-refractivity contribution in [1.29, 1.82) is 0 Å². The average molecular weight is 419 g/mol. The normalized spacial score (nSPS) is 15.2. The molecule has 1 N–H and O–H groups in total. The number of rotatable bonds is 7. The summed E-state index contributed by atoms with van der Waals surface area (Å²) in [4.78, 5) is 31.2. The van der Waals surface area contributed by atoms with Crippen molar-refractivity contribution in [2.45, 2.75) is 25.5 Å². The fourth-order valence-electron chi connectivity index (χ4n) is 3.49. The lowest BCUT2D eigenvalue weighted by atomic mass is 10.1. The molecule has 0 bridgehead atoms. The van der Waals surface area contributed by atoms with Crippen LogP contribution in [-0.4, -0.2) is 23.3 Å². The van der Waals surface area contributed by atoms with E-state index >= 15 is 0 Å². The zero-order valence-electron chi connectivity index (χ0n) is 16.8. The number of carbonyl (C=O) groups is 2. The van der Waals surface area contributed by atoms with Gasteiger partial charge in [0.05, 0.1) is 0 Å². The van der Waals surface area contributed by atoms with E-state index in [-0.39, 0.29) is 30.6 Å². The summed E-state index contributed by atoms with van der Waals surface area (Å²) in [6.45, 7) is 0.594. The molecular weight excluding hydrogens is 397 g/mol. The van der Waals surface area contributed by atoms with Crippen molar-refractivity contribution in [2.24, 2.45) is 0 Å². The van der Waals surface area contributed by atoms with Crippen molar-refractivity contribution in [2.75, 3.05) is 11.4 Å². The van der Waals surface area contributed by atoms with Gasteiger partial charge in [0, 0.05) is 31.3 Å². The molecule has 6 nitrogen and oxygen atoms in total. The van der Waals surface area contributed by atoms with Crippen LogP contribution in [0.15, 0.2) is 72.9 Å². The highest BCUT2D eigenvalue weighted by atomic mass is 19.1. The molecule has 0 saturated heterocycles. The van der Waals surface area contributed by atoms with Gasteiger partial charge in [-0.2, -0.15) is 0 Å². The molecule has 2 amide bonds. The van der Waals surface area contributed by atoms with Crippen molar-refractivity contribution in [1.82, 2.24) is 10.3 Å². The Bertz CT molecular complexity index is 1070. The number of pyridine rings is 1. The van der Waals surface area contributed by atoms with Crippen LogP contribution in [0.2, 0.25) is 0 Å². The Kier molecular flexibility index (Phi) is 6.21. The molecule has 1 aliphatic heterocycles. The molecule has 7 heteroatoms. The average Bonchev–Trinajstić information content (AvgIpc) is 2.79. The summed E-state index contributed by atoms with van der Waals surface area (Å²) in [6.07, 6.45) is 1.55. The van der Waals surface area contributed by atoms with E-state index in [4.69, 9.17) is 4.74 Å². The van der Waals surface area contributed by atoms with Crippen LogP contribution in [0.3, 0.4) is 0 Å². The second-order valence-electron chi connectivity index (χ2n) is 7.23. The summed E-state index contributed by atoms with van der Waals surface area (Å²) in [7, 11) is 0. The van der Waals surface area contributed by atoms with Gasteiger partial charge >= 0.3 is 0 Å². The fraction of sp³-hybridized carbons (Fsp3) is 0.208. The van der Waals surface area contributed by atoms with E-state index in [9.17, 15) is 14.0 Å². The molecule has 1 aromatic heterocycles. The number of amides is 2. The number of ether oxygens (including phenoxy) is 1. The molecule has 3 aromatic rings. The Morgan fingerprint density at radius 2 is 1.94 bits per heavy atom. The van der Waals surface area contributed by atoms with E-state index < -0.39 is 6.10 Å². The lowest BCUT2D eigenvalue weighted by Gasteiger charge is -2.33. The summed E-state index contributed by atoms with van der Waals surface area (Å²) in [5.74, 6) is 0.284. The van der Waals surface area contributed by atoms with Gasteiger partial charge in [-0.05, 0) is 36.2 Å². The number of nitrogens with one attached hydrogen (secondary N) is 1. The maximum absolute atomic E-state index is 13.2. The summed E-state index contributed by atoms with van der Waals surface area (Å²) in [6, 6.07) is 18.9. The van der Waals surface area contributed by atoms with Crippen LogP contribution in [0.25, 0.3) is 0 Å². The predicted molar refractivity (Wildman–Crippen MR) is 114 cm³/mol. The molecule has 0 saturated carbocycles. The monoisotopic (exact) mass is 419 g/mol. The number of hydrogen-bond acceptors (Lipinski definition) is 4. The first kappa shape index (κ1) is 20.5. The first-order valence-corrected chi connectivity index (χ1v) is 10.1. The zero-order chi connectivity index (χ0) is 21.6. The van der Waals surface area contributed by atoms with E-state index in [0.29, 0.717) is 30.1 Å². The Hall–Kier alpha value is -3.74. The van der Waals surface area contributed by atoms with Gasteiger partial charge in [0.15, 0.2) is 11.6 Å². The van der Waals surface area contributed by atoms with Gasteiger partial charge in [0.1, 0.15) is 5.82 Å². The molecule has 0 spiro atoms. The predicted octanol–water partition coefficient (Wildman–Crippen LogP) is 3.78. The quantitative estimate of drug-likeness (QED) is 0.633. The van der Waals surface area contributed by atoms with Gasteiger partial charge in [-0.3, -0.25) is 14.5 Å². The summed E-state index contributed by atoms with van der Waals surface area (Å²) in [5, 5.41) is 2.78. The molecule has 2 aromatic carbocycles. The minimum absolute atomic E-state index is 0.161. The minimum Gasteiger partial charge on any atom is -0.472 e. The molecular formula is C24H22FN3O3. The minimum atomic E-state index is -0.750. The Morgan fingerprint density at radius 3 is 2.74 bits per heavy atom. The Morgan fingerprint density at radius 1 is 1.10 bits per heavy atom. The van der Waals surface area contributed by atoms with Gasteiger partial charge in [-0.15, -0.1) is 0 Å². The summed E-state index contributed by atoms with van der Waals surface area (Å²) in [5.41, 5.74) is 1.46. The number of benzene rings is 2. The summed E-state index contributed by atoms with van der Waals surface area (Å²) >= 11 is 0. The summed E-state index contributed by atoms with van der Waals surface area (Å²) < 4.78 is 19.2. The molecule has 31 heavy (non-hydrogen) atoms. The van der Waals surface area contributed by atoms with Crippen molar-refractivity contribution in [3.8, 4) is 5.75 Å². The largest absolute Gasteiger partial charge is 0.472 e. The third kappa shape index (κ3) is 4.88. The second kappa shape index (κ2) is 9.38. The van der Waals surface area contributed by atoms with E-state index in [1.54, 1.807) is 35.4 Å². The highest BCUT2D eigenvalue weighted by Gasteiger charge is 2.36. The second-order valence-corrected chi connectivity index (χ2v) is 7.23. The van der Waals surface area contributed by atoms with Crippen molar-refractivity contribution in [3.63, 3.8) is 0 Å². The topological polar surface area (TPSA) is 71.5 Å². The first-order chi connectivity index (χ1) is 15.1. The number of anilines is 1. The third-order valence-electron chi connectivity index (χ3n) is 5.01. The van der Waals surface area contributed by atoms with Crippen molar-refractivity contribution < 1.29 is 18.7 Å². The third-order valence-corrected chi connectivity index (χ3v) is 5.01. The van der Waals surface area contributed by atoms with Gasteiger partial charge < -0.3 is 10.1 Å². The first-order valence-electron chi connectivity index (χ1n) is 10.1. The Labute approximate surface area is 179 Å². The van der Waals surface area contributed by atoms with Crippen molar-refractivity contribution >= 4 is 17.6 Å². The number of nitrogens with zero attached hydrogens (tertiary/aromatic N) is 2. The zero-order valence-corrected chi connectivity index (χ0v) is 16.8. The molecule has 158 valence electrons. The molecule has 0 fully saturated rings. The SMILES string of the molecule is O=C(CCCN1C(=O)[C@@H](c2ccccc2)Oc2cccnc21)NCc1cccc(F)c1. The van der Waals surface area contributed by atoms with Crippen LogP contribution in [0, 0.1) is 5.82 Å². The molecule has 1 aliphatic rings. The number of hydrogen-bond donors (Lipinski definition) is 1. The molecule has 0 aliphatic carbocycles. The van der Waals surface area contributed by atoms with Crippen LogP contribution in [0.5, 0.6) is 5.75 Å². The number of halogens is 1. The smallest absolute Gasteiger partial charge is 0.274 e. The van der Waals surface area contributed by atoms with E-state index in [1.807, 2.05) is 30.3 Å². The lowest BCUT2D eigenvalue weighted by molar-refractivity contribution is -0.127. The number of fused-ring (bicyclic) bond motifs is 1. The maximum atomic E-state index is 13.2. The molecule has 4 rings (SSSR count). The fourth-order valence-corrected chi connectivity index (χ4v) is 3.49. The number of aromatic nitrogens is 1. The van der Waals surface area contributed by atoms with Gasteiger partial charge in [0.2, 0.25) is 12.0 Å². The van der Waals surface area contributed by atoms with Crippen molar-refractivity contribution in [3.05, 3.63) is 89.9 Å². The van der Waals surface area contributed by atoms with Crippen LogP contribution in [0.4, 0.5) is 10.2 Å². The van der Waals surface area contributed by atoms with Gasteiger partial charge in [-0.25, -0.2) is 9.37 Å². The standard InChI is InChI=1S/C24H22FN3O3/c25-19-10-4-7-17(15-19)16-27-21(29)12-6-14-28-23-20(11-5-13-26-23)31-22(24(28)30)18-8-2-1-3-9-18/h1-5,7-11,13,15,22H,6,12,14,16H2,(H,27,29)/t22-/m1/s1. The Balaban J connectivity index is 1.38. The van der Waals surface area contributed by atoms with Crippen LogP contribution in [0.1, 0.15) is 30.1 Å². The van der Waals surface area contributed by atoms with Gasteiger partial charge in [-0.1, -0.05) is 42.5 Å². The lowest BCUT2D eigenvalue weighted by Crippen LogP contribution is -2.42. The molecule has 0 unspecified atom stereocenters. The van der Waals surface area contributed by atoms with Crippen LogP contribution < -0.4 is 15.0 Å². The van der Waals surface area contributed by atoms with Crippen LogP contribution >= 0.6 is 0 Å². The van der Waals surface area contributed by atoms with Crippen LogP contribution in [-0.2, 0) is 16.1 Å².